The summed E-state index contributed by atoms with van der Waals surface area (Å²) in [5.41, 5.74) is 9.59. The molecule has 0 spiro atoms. The largest absolute Gasteiger partial charge is 0.327 e. The summed E-state index contributed by atoms with van der Waals surface area (Å²) in [5, 5.41) is 4.65. The Labute approximate surface area is 115 Å². The normalized spacial score (nSPS) is 12.9. The summed E-state index contributed by atoms with van der Waals surface area (Å²) in [6, 6.07) is 10.7. The van der Waals surface area contributed by atoms with Crippen LogP contribution in [0.15, 0.2) is 36.5 Å². The van der Waals surface area contributed by atoms with Gasteiger partial charge in [0.1, 0.15) is 0 Å². The molecule has 1 aromatic heterocycles. The number of benzene rings is 1. The monoisotopic (exact) mass is 257 g/mol. The van der Waals surface area contributed by atoms with Crippen molar-refractivity contribution in [3.63, 3.8) is 0 Å². The highest BCUT2D eigenvalue weighted by Crippen LogP contribution is 2.18. The van der Waals surface area contributed by atoms with E-state index in [9.17, 15) is 0 Å². The van der Waals surface area contributed by atoms with Crippen LogP contribution in [0.5, 0.6) is 0 Å². The van der Waals surface area contributed by atoms with Crippen molar-refractivity contribution in [3.8, 4) is 5.69 Å². The highest BCUT2D eigenvalue weighted by atomic mass is 15.3. The summed E-state index contributed by atoms with van der Waals surface area (Å²) in [6.07, 6.45) is 3.92. The Hall–Kier alpha value is -1.61. The maximum atomic E-state index is 6.08. The standard InChI is InChI=1S/C16H23N3/c1-4-14(17)11-13-7-5-6-8-16(13)19-10-9-15(18-19)12(2)3/h5-10,12,14H,4,11,17H2,1-3H3. The zero-order valence-corrected chi connectivity index (χ0v) is 12.0. The van der Waals surface area contributed by atoms with Gasteiger partial charge in [-0.05, 0) is 36.5 Å². The maximum Gasteiger partial charge on any atom is 0.0678 e. The van der Waals surface area contributed by atoms with Crippen LogP contribution in [0, 0.1) is 0 Å². The van der Waals surface area contributed by atoms with E-state index in [0.717, 1.165) is 24.2 Å². The topological polar surface area (TPSA) is 43.8 Å². The minimum absolute atomic E-state index is 0.210. The molecule has 2 N–H and O–H groups in total. The number of nitrogens with two attached hydrogens (primary N) is 1. The van der Waals surface area contributed by atoms with E-state index in [-0.39, 0.29) is 6.04 Å². The second-order valence-corrected chi connectivity index (χ2v) is 5.34. The quantitative estimate of drug-likeness (QED) is 0.893. The van der Waals surface area contributed by atoms with Gasteiger partial charge in [0, 0.05) is 12.2 Å². The summed E-state index contributed by atoms with van der Waals surface area (Å²) in [4.78, 5) is 0. The van der Waals surface area contributed by atoms with Crippen LogP contribution in [-0.2, 0) is 6.42 Å². The fraction of sp³-hybridized carbons (Fsp3) is 0.438. The number of hydrogen-bond donors (Lipinski definition) is 1. The highest BCUT2D eigenvalue weighted by Gasteiger charge is 2.10. The molecule has 0 aliphatic carbocycles. The Bertz CT molecular complexity index is 528. The van der Waals surface area contributed by atoms with E-state index in [1.807, 2.05) is 16.9 Å². The number of hydrogen-bond acceptors (Lipinski definition) is 2. The fourth-order valence-corrected chi connectivity index (χ4v) is 2.11. The average Bonchev–Trinajstić information content (AvgIpc) is 2.89. The van der Waals surface area contributed by atoms with Crippen molar-refractivity contribution in [2.24, 2.45) is 5.73 Å². The molecule has 0 amide bonds. The van der Waals surface area contributed by atoms with E-state index in [1.165, 1.54) is 5.56 Å². The van der Waals surface area contributed by atoms with Gasteiger partial charge in [0.05, 0.1) is 11.4 Å². The molecule has 0 saturated heterocycles. The molecule has 2 rings (SSSR count). The molecule has 0 fully saturated rings. The first-order valence-corrected chi connectivity index (χ1v) is 7.01. The lowest BCUT2D eigenvalue weighted by molar-refractivity contribution is 0.641. The second kappa shape index (κ2) is 6.02. The highest BCUT2D eigenvalue weighted by molar-refractivity contribution is 5.41. The van der Waals surface area contributed by atoms with Crippen LogP contribution in [0.1, 0.15) is 44.4 Å². The first kappa shape index (κ1) is 13.8. The first-order chi connectivity index (χ1) is 9.11. The molecule has 0 bridgehead atoms. The summed E-state index contributed by atoms with van der Waals surface area (Å²) < 4.78 is 1.97. The van der Waals surface area contributed by atoms with Gasteiger partial charge in [-0.1, -0.05) is 39.0 Å². The van der Waals surface area contributed by atoms with E-state index in [1.54, 1.807) is 0 Å². The molecule has 19 heavy (non-hydrogen) atoms. The lowest BCUT2D eigenvalue weighted by Gasteiger charge is -2.13. The molecule has 2 aromatic rings. The van der Waals surface area contributed by atoms with Gasteiger partial charge in [-0.3, -0.25) is 0 Å². The summed E-state index contributed by atoms with van der Waals surface area (Å²) in [5.74, 6) is 0.450. The van der Waals surface area contributed by atoms with E-state index in [0.29, 0.717) is 5.92 Å². The van der Waals surface area contributed by atoms with Crippen molar-refractivity contribution in [2.45, 2.75) is 45.6 Å². The van der Waals surface area contributed by atoms with E-state index >= 15 is 0 Å². The fourth-order valence-electron chi connectivity index (χ4n) is 2.11. The number of para-hydroxylation sites is 1. The summed E-state index contributed by atoms with van der Waals surface area (Å²) in [6.45, 7) is 6.44. The van der Waals surface area contributed by atoms with Crippen molar-refractivity contribution < 1.29 is 0 Å². The number of aromatic nitrogens is 2. The zero-order chi connectivity index (χ0) is 13.8. The molecule has 1 unspecified atom stereocenters. The predicted octanol–water partition coefficient (Wildman–Crippen LogP) is 3.28. The Morgan fingerprint density at radius 1 is 1.21 bits per heavy atom. The van der Waals surface area contributed by atoms with Crippen molar-refractivity contribution in [3.05, 3.63) is 47.8 Å². The van der Waals surface area contributed by atoms with Crippen LogP contribution in [0.4, 0.5) is 0 Å². The van der Waals surface area contributed by atoms with Gasteiger partial charge < -0.3 is 5.73 Å². The third-order valence-electron chi connectivity index (χ3n) is 3.45. The molecule has 3 heteroatoms. The first-order valence-electron chi connectivity index (χ1n) is 7.01. The molecule has 1 aromatic carbocycles. The van der Waals surface area contributed by atoms with Crippen LogP contribution < -0.4 is 5.73 Å². The van der Waals surface area contributed by atoms with Gasteiger partial charge in [0.15, 0.2) is 0 Å². The SMILES string of the molecule is CCC(N)Cc1ccccc1-n1ccc(C(C)C)n1. The smallest absolute Gasteiger partial charge is 0.0678 e. The van der Waals surface area contributed by atoms with Crippen molar-refractivity contribution >= 4 is 0 Å². The van der Waals surface area contributed by atoms with Crippen molar-refractivity contribution in [2.75, 3.05) is 0 Å². The van der Waals surface area contributed by atoms with Crippen LogP contribution in [0.3, 0.4) is 0 Å². The number of rotatable bonds is 5. The molecule has 0 saturated carbocycles. The van der Waals surface area contributed by atoms with Crippen molar-refractivity contribution in [1.82, 2.24) is 9.78 Å². The minimum atomic E-state index is 0.210. The molecule has 1 heterocycles. The zero-order valence-electron chi connectivity index (χ0n) is 12.0. The van der Waals surface area contributed by atoms with Gasteiger partial charge in [0.25, 0.3) is 0 Å². The van der Waals surface area contributed by atoms with Gasteiger partial charge in [-0.25, -0.2) is 4.68 Å². The van der Waals surface area contributed by atoms with Crippen LogP contribution in [-0.4, -0.2) is 15.8 Å². The molecular formula is C16H23N3. The molecule has 0 aliphatic heterocycles. The van der Waals surface area contributed by atoms with E-state index in [4.69, 9.17) is 5.73 Å². The Morgan fingerprint density at radius 3 is 2.58 bits per heavy atom. The maximum absolute atomic E-state index is 6.08. The van der Waals surface area contributed by atoms with Crippen LogP contribution in [0.2, 0.25) is 0 Å². The van der Waals surface area contributed by atoms with Crippen LogP contribution >= 0.6 is 0 Å². The molecule has 102 valence electrons. The average molecular weight is 257 g/mol. The van der Waals surface area contributed by atoms with E-state index < -0.39 is 0 Å². The third-order valence-corrected chi connectivity index (χ3v) is 3.45. The Kier molecular flexibility index (Phi) is 4.38. The molecule has 1 atom stereocenters. The molecule has 0 radical (unpaired) electrons. The summed E-state index contributed by atoms with van der Waals surface area (Å²) >= 11 is 0. The lowest BCUT2D eigenvalue weighted by Crippen LogP contribution is -2.22. The number of nitrogens with zero attached hydrogens (tertiary/aromatic N) is 2. The third kappa shape index (κ3) is 3.24. The van der Waals surface area contributed by atoms with Gasteiger partial charge in [-0.2, -0.15) is 5.10 Å². The minimum Gasteiger partial charge on any atom is -0.327 e. The van der Waals surface area contributed by atoms with E-state index in [2.05, 4.69) is 50.1 Å². The Morgan fingerprint density at radius 2 is 1.95 bits per heavy atom. The lowest BCUT2D eigenvalue weighted by atomic mass is 10.0. The molecular weight excluding hydrogens is 234 g/mol. The molecule has 3 nitrogen and oxygen atoms in total. The molecule has 0 aliphatic rings. The van der Waals surface area contributed by atoms with Gasteiger partial charge in [-0.15, -0.1) is 0 Å². The van der Waals surface area contributed by atoms with Crippen LogP contribution in [0.25, 0.3) is 5.69 Å². The second-order valence-electron chi connectivity index (χ2n) is 5.34. The van der Waals surface area contributed by atoms with Gasteiger partial charge >= 0.3 is 0 Å². The van der Waals surface area contributed by atoms with Gasteiger partial charge in [0.2, 0.25) is 0 Å². The Balaban J connectivity index is 2.32. The van der Waals surface area contributed by atoms with Crippen molar-refractivity contribution in [1.29, 1.82) is 0 Å². The predicted molar refractivity (Wildman–Crippen MR) is 79.6 cm³/mol. The summed E-state index contributed by atoms with van der Waals surface area (Å²) in [7, 11) is 0.